The first-order valence-corrected chi connectivity index (χ1v) is 9.12. The third-order valence-corrected chi connectivity index (χ3v) is 4.81. The minimum Gasteiger partial charge on any atom is -0.497 e. The van der Waals surface area contributed by atoms with Gasteiger partial charge in [-0.2, -0.15) is 0 Å². The van der Waals surface area contributed by atoms with Crippen molar-refractivity contribution >= 4 is 41.0 Å². The summed E-state index contributed by atoms with van der Waals surface area (Å²) in [5, 5.41) is 0.187. The summed E-state index contributed by atoms with van der Waals surface area (Å²) in [6.45, 7) is -0.186. The second-order valence-electron chi connectivity index (χ2n) is 6.05. The van der Waals surface area contributed by atoms with E-state index in [0.717, 1.165) is 0 Å². The second-order valence-corrected chi connectivity index (χ2v) is 6.42. The zero-order valence-electron chi connectivity index (χ0n) is 16.2. The number of para-hydroxylation sites is 1. The van der Waals surface area contributed by atoms with Crippen LogP contribution in [0, 0.1) is 0 Å². The molecule has 0 saturated carbocycles. The van der Waals surface area contributed by atoms with Gasteiger partial charge in [0, 0.05) is 5.56 Å². The molecule has 1 heterocycles. The number of hydrogen-bond donors (Lipinski definition) is 0. The summed E-state index contributed by atoms with van der Waals surface area (Å²) in [4.78, 5) is 28.0. The number of hydrogen-bond acceptors (Lipinski definition) is 6. The van der Waals surface area contributed by atoms with Gasteiger partial charge in [0.2, 0.25) is 0 Å². The largest absolute Gasteiger partial charge is 0.497 e. The summed E-state index contributed by atoms with van der Waals surface area (Å²) in [7, 11) is 4.40. The highest BCUT2D eigenvalue weighted by Crippen LogP contribution is 2.31. The van der Waals surface area contributed by atoms with Gasteiger partial charge < -0.3 is 19.1 Å². The molecular formula is C21H20N2O5S. The number of rotatable bonds is 6. The van der Waals surface area contributed by atoms with Crippen molar-refractivity contribution in [1.82, 2.24) is 4.90 Å². The molecule has 1 saturated heterocycles. The maximum Gasteiger partial charge on any atom is 0.325 e. The lowest BCUT2D eigenvalue weighted by Gasteiger charge is -2.19. The topological polar surface area (TPSA) is 68.3 Å². The molecule has 0 aliphatic carbocycles. The van der Waals surface area contributed by atoms with Gasteiger partial charge in [0.15, 0.2) is 5.11 Å². The highest BCUT2D eigenvalue weighted by atomic mass is 32.1. The standard InChI is InChI=1S/C21H20N2O5S/c1-26-16-10-8-15(9-11-16)23-20(25)17(22(21(23)29)13-19(24)28-3)12-14-6-4-5-7-18(14)27-2/h4-12H,13H2,1-3H3/b17-12-. The van der Waals surface area contributed by atoms with Crippen LogP contribution in [-0.4, -0.2) is 49.8 Å². The van der Waals surface area contributed by atoms with Gasteiger partial charge in [0.05, 0.1) is 27.0 Å². The van der Waals surface area contributed by atoms with Crippen molar-refractivity contribution in [2.45, 2.75) is 0 Å². The molecule has 150 valence electrons. The maximum absolute atomic E-state index is 13.3. The molecule has 0 bridgehead atoms. The summed E-state index contributed by atoms with van der Waals surface area (Å²) in [6.07, 6.45) is 1.65. The predicted molar refractivity (Wildman–Crippen MR) is 113 cm³/mol. The minimum absolute atomic E-state index is 0.186. The Labute approximate surface area is 174 Å². The molecule has 0 radical (unpaired) electrons. The third kappa shape index (κ3) is 4.07. The van der Waals surface area contributed by atoms with E-state index in [1.807, 2.05) is 18.2 Å². The molecule has 2 aromatic carbocycles. The minimum atomic E-state index is -0.511. The number of benzene rings is 2. The average Bonchev–Trinajstić information content (AvgIpc) is 2.98. The monoisotopic (exact) mass is 412 g/mol. The Morgan fingerprint density at radius 3 is 2.34 bits per heavy atom. The molecule has 2 aromatic rings. The van der Waals surface area contributed by atoms with Crippen molar-refractivity contribution < 1.29 is 23.8 Å². The Bertz CT molecular complexity index is 971. The summed E-state index contributed by atoms with van der Waals surface area (Å²) in [6, 6.07) is 14.2. The molecule has 0 atom stereocenters. The fraction of sp³-hybridized carbons (Fsp3) is 0.190. The molecule has 1 amide bonds. The summed E-state index contributed by atoms with van der Waals surface area (Å²) in [5.41, 5.74) is 1.51. The zero-order valence-corrected chi connectivity index (χ0v) is 17.1. The first-order valence-electron chi connectivity index (χ1n) is 8.71. The van der Waals surface area contributed by atoms with Crippen LogP contribution in [0.4, 0.5) is 5.69 Å². The number of carbonyl (C=O) groups is 2. The fourth-order valence-corrected chi connectivity index (χ4v) is 3.27. The van der Waals surface area contributed by atoms with E-state index < -0.39 is 5.97 Å². The third-order valence-electron chi connectivity index (χ3n) is 4.41. The fourth-order valence-electron chi connectivity index (χ4n) is 2.92. The average molecular weight is 412 g/mol. The van der Waals surface area contributed by atoms with Crippen LogP contribution >= 0.6 is 12.2 Å². The van der Waals surface area contributed by atoms with Crippen LogP contribution in [-0.2, 0) is 14.3 Å². The van der Waals surface area contributed by atoms with Crippen LogP contribution in [0.25, 0.3) is 6.08 Å². The van der Waals surface area contributed by atoms with E-state index in [-0.39, 0.29) is 23.3 Å². The highest BCUT2D eigenvalue weighted by Gasteiger charge is 2.40. The van der Waals surface area contributed by atoms with Gasteiger partial charge in [0.1, 0.15) is 23.7 Å². The van der Waals surface area contributed by atoms with Crippen LogP contribution in [0.3, 0.4) is 0 Å². The Morgan fingerprint density at radius 2 is 1.72 bits per heavy atom. The molecular weight excluding hydrogens is 392 g/mol. The van der Waals surface area contributed by atoms with E-state index in [1.54, 1.807) is 50.6 Å². The predicted octanol–water partition coefficient (Wildman–Crippen LogP) is 2.85. The number of ether oxygens (including phenoxy) is 3. The van der Waals surface area contributed by atoms with Crippen molar-refractivity contribution in [3.05, 3.63) is 59.8 Å². The van der Waals surface area contributed by atoms with Gasteiger partial charge >= 0.3 is 5.97 Å². The van der Waals surface area contributed by atoms with Crippen LogP contribution in [0.1, 0.15) is 5.56 Å². The molecule has 0 unspecified atom stereocenters. The molecule has 29 heavy (non-hydrogen) atoms. The van der Waals surface area contributed by atoms with E-state index in [0.29, 0.717) is 22.7 Å². The molecule has 3 rings (SSSR count). The van der Waals surface area contributed by atoms with Crippen molar-refractivity contribution in [2.75, 3.05) is 32.8 Å². The van der Waals surface area contributed by atoms with E-state index in [2.05, 4.69) is 0 Å². The number of esters is 1. The highest BCUT2D eigenvalue weighted by molar-refractivity contribution is 7.80. The Hall–Kier alpha value is -3.39. The maximum atomic E-state index is 13.3. The summed E-state index contributed by atoms with van der Waals surface area (Å²) < 4.78 is 15.3. The number of anilines is 1. The Morgan fingerprint density at radius 1 is 1.03 bits per heavy atom. The lowest BCUT2D eigenvalue weighted by atomic mass is 10.1. The zero-order chi connectivity index (χ0) is 21.0. The van der Waals surface area contributed by atoms with E-state index in [4.69, 9.17) is 26.4 Å². The molecule has 0 spiro atoms. The molecule has 7 nitrogen and oxygen atoms in total. The van der Waals surface area contributed by atoms with E-state index in [9.17, 15) is 9.59 Å². The molecule has 8 heteroatoms. The number of carbonyl (C=O) groups excluding carboxylic acids is 2. The smallest absolute Gasteiger partial charge is 0.325 e. The van der Waals surface area contributed by atoms with Gasteiger partial charge in [0.25, 0.3) is 5.91 Å². The Kier molecular flexibility index (Phi) is 6.13. The first-order chi connectivity index (χ1) is 14.0. The number of amides is 1. The first kappa shape index (κ1) is 20.3. The quantitative estimate of drug-likeness (QED) is 0.411. The van der Waals surface area contributed by atoms with Gasteiger partial charge in [-0.15, -0.1) is 0 Å². The SMILES string of the molecule is COC(=O)CN1C(=S)N(c2ccc(OC)cc2)C(=O)/C1=C/c1ccccc1OC. The van der Waals surface area contributed by atoms with Crippen LogP contribution < -0.4 is 14.4 Å². The van der Waals surface area contributed by atoms with E-state index >= 15 is 0 Å². The summed E-state index contributed by atoms with van der Waals surface area (Å²) in [5.74, 6) is 0.389. The van der Waals surface area contributed by atoms with Gasteiger partial charge in [-0.25, -0.2) is 0 Å². The Balaban J connectivity index is 2.06. The summed E-state index contributed by atoms with van der Waals surface area (Å²) >= 11 is 5.52. The number of thiocarbonyl (C=S) groups is 1. The molecule has 1 aliphatic rings. The van der Waals surface area contributed by atoms with Gasteiger partial charge in [-0.1, -0.05) is 18.2 Å². The number of nitrogens with zero attached hydrogens (tertiary/aromatic N) is 2. The van der Waals surface area contributed by atoms with Crippen molar-refractivity contribution in [1.29, 1.82) is 0 Å². The number of methoxy groups -OCH3 is 3. The second kappa shape index (κ2) is 8.74. The van der Waals surface area contributed by atoms with Crippen molar-refractivity contribution in [3.63, 3.8) is 0 Å². The van der Waals surface area contributed by atoms with Crippen LogP contribution in [0.2, 0.25) is 0 Å². The van der Waals surface area contributed by atoms with Gasteiger partial charge in [-0.05, 0) is 48.6 Å². The van der Waals surface area contributed by atoms with Crippen molar-refractivity contribution in [3.8, 4) is 11.5 Å². The van der Waals surface area contributed by atoms with Crippen LogP contribution in [0.5, 0.6) is 11.5 Å². The molecule has 1 fully saturated rings. The molecule has 1 aliphatic heterocycles. The van der Waals surface area contributed by atoms with Crippen molar-refractivity contribution in [2.24, 2.45) is 0 Å². The molecule has 0 aromatic heterocycles. The molecule has 0 N–H and O–H groups in total. The van der Waals surface area contributed by atoms with Crippen LogP contribution in [0.15, 0.2) is 54.2 Å². The lowest BCUT2D eigenvalue weighted by molar-refractivity contribution is -0.140. The lowest BCUT2D eigenvalue weighted by Crippen LogP contribution is -2.35. The van der Waals surface area contributed by atoms with E-state index in [1.165, 1.54) is 16.9 Å². The van der Waals surface area contributed by atoms with Gasteiger partial charge in [-0.3, -0.25) is 14.5 Å². The normalized spacial score (nSPS) is 15.1.